The van der Waals surface area contributed by atoms with Crippen molar-refractivity contribution < 1.29 is 4.79 Å². The minimum Gasteiger partial charge on any atom is -0.338 e. The highest BCUT2D eigenvalue weighted by Crippen LogP contribution is 2.20. The molecular weight excluding hydrogens is 312 g/mol. The van der Waals surface area contributed by atoms with Gasteiger partial charge in [0.05, 0.1) is 11.2 Å². The van der Waals surface area contributed by atoms with Gasteiger partial charge in [-0.3, -0.25) is 9.69 Å². The topological polar surface area (TPSA) is 67.2 Å². The highest BCUT2D eigenvalue weighted by Gasteiger charge is 2.31. The van der Waals surface area contributed by atoms with E-state index in [1.807, 2.05) is 24.3 Å². The van der Waals surface area contributed by atoms with Gasteiger partial charge in [0, 0.05) is 38.1 Å². The van der Waals surface area contributed by atoms with Crippen LogP contribution in [0, 0.1) is 5.92 Å². The van der Waals surface area contributed by atoms with Crippen molar-refractivity contribution in [3.05, 3.63) is 29.2 Å². The fraction of sp³-hybridized carbons (Fsp3) is 0.600. The van der Waals surface area contributed by atoms with Crippen molar-refractivity contribution in [1.82, 2.24) is 29.5 Å². The second kappa shape index (κ2) is 7.18. The molecule has 0 bridgehead atoms. The summed E-state index contributed by atoms with van der Waals surface area (Å²) in [6.07, 6.45) is 3.11. The second-order valence-electron chi connectivity index (χ2n) is 6.15. The van der Waals surface area contributed by atoms with Crippen LogP contribution in [0.25, 0.3) is 0 Å². The van der Waals surface area contributed by atoms with Crippen LogP contribution in [0.1, 0.15) is 25.6 Å². The van der Waals surface area contributed by atoms with Crippen LogP contribution in [0.15, 0.2) is 23.5 Å². The summed E-state index contributed by atoms with van der Waals surface area (Å²) in [5.41, 5.74) is 2.97. The summed E-state index contributed by atoms with van der Waals surface area (Å²) in [5, 5.41) is 6.24. The third kappa shape index (κ3) is 3.76. The van der Waals surface area contributed by atoms with Gasteiger partial charge in [0.25, 0.3) is 0 Å². The number of nitrogens with zero attached hydrogens (tertiary/aromatic N) is 6. The van der Waals surface area contributed by atoms with Crippen LogP contribution in [0.5, 0.6) is 0 Å². The summed E-state index contributed by atoms with van der Waals surface area (Å²) in [6, 6.07) is -0.275. The zero-order valence-electron chi connectivity index (χ0n) is 13.5. The molecule has 0 radical (unpaired) electrons. The van der Waals surface area contributed by atoms with Gasteiger partial charge < -0.3 is 4.90 Å². The summed E-state index contributed by atoms with van der Waals surface area (Å²) in [7, 11) is 0. The third-order valence-electron chi connectivity index (χ3n) is 4.16. The molecule has 1 aliphatic heterocycles. The van der Waals surface area contributed by atoms with Gasteiger partial charge in [-0.05, 0) is 5.92 Å². The first-order valence-electron chi connectivity index (χ1n) is 7.87. The van der Waals surface area contributed by atoms with Gasteiger partial charge in [0.15, 0.2) is 0 Å². The zero-order valence-corrected chi connectivity index (χ0v) is 14.3. The lowest BCUT2D eigenvalue weighted by Crippen LogP contribution is -2.51. The van der Waals surface area contributed by atoms with E-state index in [4.69, 9.17) is 0 Å². The van der Waals surface area contributed by atoms with Crippen molar-refractivity contribution in [3.8, 4) is 0 Å². The number of hydrogen-bond donors (Lipinski definition) is 0. The van der Waals surface area contributed by atoms with Crippen LogP contribution in [-0.4, -0.2) is 61.6 Å². The third-order valence-corrected chi connectivity index (χ3v) is 4.79. The van der Waals surface area contributed by atoms with Crippen LogP contribution >= 0.6 is 11.3 Å². The summed E-state index contributed by atoms with van der Waals surface area (Å²) < 4.78 is 1.68. The molecule has 0 aliphatic carbocycles. The average molecular weight is 334 g/mol. The van der Waals surface area contributed by atoms with Gasteiger partial charge in [-0.2, -0.15) is 5.10 Å². The summed E-state index contributed by atoms with van der Waals surface area (Å²) >= 11 is 1.62. The highest BCUT2D eigenvalue weighted by atomic mass is 32.1. The summed E-state index contributed by atoms with van der Waals surface area (Å²) in [5.74, 6) is 0.316. The van der Waals surface area contributed by atoms with Crippen molar-refractivity contribution in [2.45, 2.75) is 26.4 Å². The number of piperazine rings is 1. The maximum Gasteiger partial charge on any atom is 0.247 e. The lowest BCUT2D eigenvalue weighted by molar-refractivity contribution is -0.138. The number of carbonyl (C=O) groups is 1. The largest absolute Gasteiger partial charge is 0.338 e. The Morgan fingerprint density at radius 2 is 2.09 bits per heavy atom. The van der Waals surface area contributed by atoms with Crippen LogP contribution in [0.3, 0.4) is 0 Å². The molecule has 1 aliphatic rings. The average Bonchev–Trinajstić information content (AvgIpc) is 3.21. The van der Waals surface area contributed by atoms with E-state index in [-0.39, 0.29) is 17.9 Å². The maximum absolute atomic E-state index is 12.9. The molecule has 0 N–H and O–H groups in total. The Morgan fingerprint density at radius 3 is 2.65 bits per heavy atom. The van der Waals surface area contributed by atoms with Gasteiger partial charge in [-0.15, -0.1) is 11.3 Å². The zero-order chi connectivity index (χ0) is 16.2. The van der Waals surface area contributed by atoms with Crippen molar-refractivity contribution in [1.29, 1.82) is 0 Å². The molecule has 1 atom stereocenters. The summed E-state index contributed by atoms with van der Waals surface area (Å²) in [4.78, 5) is 25.5. The van der Waals surface area contributed by atoms with Gasteiger partial charge in [-0.25, -0.2) is 14.6 Å². The SMILES string of the molecule is CC(C)[C@H](C(=O)N1CCN(Cc2cscn2)CC1)n1cncn1. The molecule has 0 unspecified atom stereocenters. The highest BCUT2D eigenvalue weighted by molar-refractivity contribution is 7.07. The number of rotatable bonds is 5. The Hall–Kier alpha value is -1.80. The first kappa shape index (κ1) is 16.1. The molecule has 0 saturated carbocycles. The molecule has 1 amide bonds. The molecule has 0 aromatic carbocycles. The lowest BCUT2D eigenvalue weighted by atomic mass is 10.0. The van der Waals surface area contributed by atoms with E-state index >= 15 is 0 Å². The number of carbonyl (C=O) groups excluding carboxylic acids is 1. The Kier molecular flexibility index (Phi) is 5.02. The molecule has 7 nitrogen and oxygen atoms in total. The molecule has 8 heteroatoms. The van der Waals surface area contributed by atoms with Crippen molar-refractivity contribution in [2.75, 3.05) is 26.2 Å². The van der Waals surface area contributed by atoms with Crippen LogP contribution in [-0.2, 0) is 11.3 Å². The number of aromatic nitrogens is 4. The van der Waals surface area contributed by atoms with E-state index in [2.05, 4.69) is 25.3 Å². The molecule has 23 heavy (non-hydrogen) atoms. The molecule has 3 heterocycles. The molecule has 0 spiro atoms. The molecule has 2 aromatic heterocycles. The molecule has 1 saturated heterocycles. The maximum atomic E-state index is 12.9. The lowest BCUT2D eigenvalue weighted by Gasteiger charge is -2.36. The predicted octanol–water partition coefficient (Wildman–Crippen LogP) is 1.28. The monoisotopic (exact) mass is 334 g/mol. The van der Waals surface area contributed by atoms with Crippen molar-refractivity contribution >= 4 is 17.2 Å². The van der Waals surface area contributed by atoms with E-state index in [9.17, 15) is 4.79 Å². The Balaban J connectivity index is 1.59. The number of thiazole rings is 1. The van der Waals surface area contributed by atoms with E-state index < -0.39 is 0 Å². The Bertz CT molecular complexity index is 604. The minimum absolute atomic E-state index is 0.138. The summed E-state index contributed by atoms with van der Waals surface area (Å²) in [6.45, 7) is 8.21. The molecule has 124 valence electrons. The number of amides is 1. The van der Waals surface area contributed by atoms with Gasteiger partial charge in [-0.1, -0.05) is 13.8 Å². The predicted molar refractivity (Wildman–Crippen MR) is 87.9 cm³/mol. The Labute approximate surface area is 140 Å². The standard InChI is InChI=1S/C15H22N6OS/c1-12(2)14(21-10-16-9-18-21)15(22)20-5-3-19(4-6-20)7-13-8-23-11-17-13/h8-12,14H,3-7H2,1-2H3/t14-/m1/s1. The molecule has 2 aromatic rings. The minimum atomic E-state index is -0.275. The van der Waals surface area contributed by atoms with E-state index in [0.717, 1.165) is 38.4 Å². The van der Waals surface area contributed by atoms with E-state index in [1.165, 1.54) is 6.33 Å². The number of hydrogen-bond acceptors (Lipinski definition) is 6. The Morgan fingerprint density at radius 1 is 1.30 bits per heavy atom. The fourth-order valence-corrected chi connectivity index (χ4v) is 3.47. The fourth-order valence-electron chi connectivity index (χ4n) is 2.92. The first-order chi connectivity index (χ1) is 11.1. The van der Waals surface area contributed by atoms with Gasteiger partial charge in [0.2, 0.25) is 5.91 Å². The van der Waals surface area contributed by atoms with Crippen LogP contribution < -0.4 is 0 Å². The molecule has 3 rings (SSSR count). The van der Waals surface area contributed by atoms with Gasteiger partial charge in [0.1, 0.15) is 18.7 Å². The smallest absolute Gasteiger partial charge is 0.247 e. The first-order valence-corrected chi connectivity index (χ1v) is 8.81. The van der Waals surface area contributed by atoms with Crippen molar-refractivity contribution in [2.24, 2.45) is 5.92 Å². The van der Waals surface area contributed by atoms with Gasteiger partial charge >= 0.3 is 0 Å². The normalized spacial score (nSPS) is 17.6. The van der Waals surface area contributed by atoms with Crippen molar-refractivity contribution in [3.63, 3.8) is 0 Å². The van der Waals surface area contributed by atoms with E-state index in [0.29, 0.717) is 0 Å². The van der Waals surface area contributed by atoms with E-state index in [1.54, 1.807) is 22.3 Å². The molecular formula is C15H22N6OS. The van der Waals surface area contributed by atoms with Crippen LogP contribution in [0.4, 0.5) is 0 Å². The van der Waals surface area contributed by atoms with Crippen LogP contribution in [0.2, 0.25) is 0 Å². The quantitative estimate of drug-likeness (QED) is 0.824. The second-order valence-corrected chi connectivity index (χ2v) is 6.86. The molecule has 1 fully saturated rings.